The highest BCUT2D eigenvalue weighted by atomic mass is 19.4. The normalized spacial score (nSPS) is 22.5. The van der Waals surface area contributed by atoms with E-state index in [2.05, 4.69) is 60.5 Å². The molecule has 24 nitrogen and oxygen atoms in total. The second-order valence-electron chi connectivity index (χ2n) is 23.4. The summed E-state index contributed by atoms with van der Waals surface area (Å²) in [5, 5.41) is 24.5. The van der Waals surface area contributed by atoms with Gasteiger partial charge in [0, 0.05) is 92.3 Å². The van der Waals surface area contributed by atoms with Crippen LogP contribution in [0.5, 0.6) is 17.6 Å². The monoisotopic (exact) mass is 1320 g/mol. The van der Waals surface area contributed by atoms with Crippen molar-refractivity contribution in [3.05, 3.63) is 180 Å². The molecule has 15 heterocycles. The first-order valence-electron chi connectivity index (χ1n) is 30.1. The number of ether oxygens (including phenoxy) is 3. The van der Waals surface area contributed by atoms with Crippen molar-refractivity contribution in [3.8, 4) is 35.1 Å². The second-order valence-corrected chi connectivity index (χ2v) is 23.4. The van der Waals surface area contributed by atoms with Crippen molar-refractivity contribution in [2.75, 3.05) is 0 Å². The largest absolute Gasteiger partial charge is 0.472 e. The first-order valence-corrected chi connectivity index (χ1v) is 30.1. The van der Waals surface area contributed by atoms with Crippen molar-refractivity contribution in [3.63, 3.8) is 0 Å². The Balaban J connectivity index is 0.000000129. The van der Waals surface area contributed by atoms with Crippen LogP contribution in [0, 0.1) is 13.8 Å². The van der Waals surface area contributed by atoms with E-state index >= 15 is 0 Å². The zero-order chi connectivity index (χ0) is 66.5. The molecule has 9 unspecified atom stereocenters. The summed E-state index contributed by atoms with van der Waals surface area (Å²) in [5.41, 5.74) is 0.223. The number of carbonyl (C=O) groups excluding carboxylic acids is 3. The van der Waals surface area contributed by atoms with Gasteiger partial charge in [-0.05, 0) is 106 Å². The van der Waals surface area contributed by atoms with E-state index in [1.807, 2.05) is 13.8 Å². The van der Waals surface area contributed by atoms with Crippen LogP contribution in [0.2, 0.25) is 0 Å². The maximum absolute atomic E-state index is 13.5. The minimum absolute atomic E-state index is 0.0180. The summed E-state index contributed by atoms with van der Waals surface area (Å²) in [7, 11) is 0. The molecule has 3 amide bonds. The summed E-state index contributed by atoms with van der Waals surface area (Å²) in [6.45, 7) is 3.67. The summed E-state index contributed by atoms with van der Waals surface area (Å²) < 4.78 is 133. The molecular formula is C62H55F9N18O6. The zero-order valence-electron chi connectivity index (χ0n) is 50.2. The first kappa shape index (κ1) is 63.3. The molecule has 15 rings (SSSR count). The molecule has 0 aromatic carbocycles. The molecule has 6 bridgehead atoms. The molecule has 9 atom stereocenters. The molecule has 6 fully saturated rings. The van der Waals surface area contributed by atoms with E-state index in [-0.39, 0.29) is 89.9 Å². The van der Waals surface area contributed by atoms with Crippen molar-refractivity contribution < 1.29 is 68.1 Å². The van der Waals surface area contributed by atoms with Crippen LogP contribution < -0.4 is 14.2 Å². The van der Waals surface area contributed by atoms with Crippen molar-refractivity contribution >= 4 is 17.7 Å². The molecule has 0 saturated carbocycles. The minimum atomic E-state index is -4.45. The summed E-state index contributed by atoms with van der Waals surface area (Å²) in [6.07, 6.45) is 6.69. The number of fused-ring (bicyclic) bond motifs is 6. The lowest BCUT2D eigenvalue weighted by Crippen LogP contribution is -2.40. The molecule has 0 radical (unpaired) electrons. The van der Waals surface area contributed by atoms with Gasteiger partial charge in [-0.1, -0.05) is 0 Å². The summed E-state index contributed by atoms with van der Waals surface area (Å²) in [6, 6.07) is 14.4. The van der Waals surface area contributed by atoms with Crippen LogP contribution in [0.4, 0.5) is 39.5 Å². The topological polar surface area (TPSA) is 258 Å². The highest BCUT2D eigenvalue weighted by Crippen LogP contribution is 2.45. The quantitative estimate of drug-likeness (QED) is 0.103. The van der Waals surface area contributed by atoms with Gasteiger partial charge in [0.2, 0.25) is 17.6 Å². The summed E-state index contributed by atoms with van der Waals surface area (Å²) in [5.74, 6) is 0.803. The molecule has 0 spiro atoms. The molecular weight excluding hydrogens is 1260 g/mol. The van der Waals surface area contributed by atoms with Crippen molar-refractivity contribution in [1.82, 2.24) is 89.6 Å². The SMILES string of the molecule is Cc1ccc(C(=O)N2C3CCC2C(Oc2ccc(C(F)(F)F)cn2)C3)c(-n2nccn2)n1.Cc1cnc(-n2nccn2)c(C(=O)N2C3CCC2C(Oc2ccc(C(F)(F)F)cn2)C3)c1.O=C(c1cccnc1-n1nccn1)N1C2CCC1C(Oc1ccc(C(F)(F)F)cn1)C2. The average molecular weight is 1320 g/mol. The lowest BCUT2D eigenvalue weighted by Gasteiger charge is -2.25. The second kappa shape index (κ2) is 25.4. The van der Waals surface area contributed by atoms with Crippen LogP contribution in [0.1, 0.15) is 117 Å². The Morgan fingerprint density at radius 1 is 0.411 bits per heavy atom. The Kier molecular flexibility index (Phi) is 16.9. The molecule has 9 aromatic rings. The van der Waals surface area contributed by atoms with E-state index in [0.717, 1.165) is 86.6 Å². The van der Waals surface area contributed by atoms with E-state index < -0.39 is 35.2 Å². The van der Waals surface area contributed by atoms with Gasteiger partial charge in [0.1, 0.15) is 18.3 Å². The third-order valence-corrected chi connectivity index (χ3v) is 17.5. The fourth-order valence-corrected chi connectivity index (χ4v) is 13.3. The molecule has 6 aliphatic heterocycles. The fraction of sp³-hybridized carbons (Fsp3) is 0.371. The third kappa shape index (κ3) is 13.0. The average Bonchev–Trinajstić information content (AvgIpc) is 1.63. The highest BCUT2D eigenvalue weighted by molar-refractivity contribution is 5.99. The third-order valence-electron chi connectivity index (χ3n) is 17.5. The molecule has 0 aliphatic carbocycles. The number of nitrogens with zero attached hydrogens (tertiary/aromatic N) is 18. The van der Waals surface area contributed by atoms with E-state index in [0.29, 0.717) is 53.4 Å². The van der Waals surface area contributed by atoms with Crippen LogP contribution in [0.15, 0.2) is 135 Å². The van der Waals surface area contributed by atoms with Gasteiger partial charge in [-0.3, -0.25) is 14.4 Å². The van der Waals surface area contributed by atoms with Gasteiger partial charge >= 0.3 is 18.5 Å². The van der Waals surface area contributed by atoms with Crippen LogP contribution >= 0.6 is 0 Å². The van der Waals surface area contributed by atoms with Gasteiger partial charge < -0.3 is 28.9 Å². The smallest absolute Gasteiger partial charge is 0.417 e. The van der Waals surface area contributed by atoms with E-state index in [4.69, 9.17) is 14.2 Å². The Labute approximate surface area is 533 Å². The van der Waals surface area contributed by atoms with Crippen LogP contribution in [-0.4, -0.2) is 162 Å². The number of alkyl halides is 9. The van der Waals surface area contributed by atoms with Gasteiger partial charge in [0.15, 0.2) is 17.5 Å². The fourth-order valence-electron chi connectivity index (χ4n) is 13.3. The number of hydrogen-bond donors (Lipinski definition) is 0. The first-order chi connectivity index (χ1) is 45.5. The number of amides is 3. The van der Waals surface area contributed by atoms with Crippen molar-refractivity contribution in [1.29, 1.82) is 0 Å². The Hall–Kier alpha value is -10.5. The number of hydrogen-bond acceptors (Lipinski definition) is 18. The summed E-state index contributed by atoms with van der Waals surface area (Å²) >= 11 is 0. The standard InChI is InChI=1S/2C21H19F3N6O2.C20H17F3N6O2/c1-12-2-5-15(19(28-12)30-26-8-9-27-30)20(31)29-14-4-6-16(29)17(10-14)32-18-7-3-13(11-25-18)21(22,23)24;1-12-8-15(19(26-10-12)30-27-6-7-28-30)20(31)29-14-3-4-16(29)17(9-14)32-18-5-2-13(11-25-18)21(22,23)24;21-20(22,23)12-3-6-17(25-11-12)31-16-10-13-4-5-15(16)28(13)19(30)14-2-1-7-24-18(14)29-26-8-9-27-29/h2-3,5,7-9,11,14,16-17H,4,6,10H2,1H3;2,5-8,10-11,14,16-17H,3-4,9H2,1H3;1-3,6-9,11,13,15-16H,4-5,10H2. The lowest BCUT2D eigenvalue weighted by atomic mass is 9.98. The molecule has 6 saturated heterocycles. The number of rotatable bonds is 12. The maximum Gasteiger partial charge on any atom is 0.417 e. The molecule has 95 heavy (non-hydrogen) atoms. The number of aryl methyl sites for hydroxylation is 2. The molecule has 33 heteroatoms. The van der Waals surface area contributed by atoms with E-state index in [1.165, 1.54) is 69.8 Å². The molecule has 6 aliphatic rings. The predicted molar refractivity (Wildman–Crippen MR) is 311 cm³/mol. The number of aromatic nitrogens is 15. The van der Waals surface area contributed by atoms with Crippen molar-refractivity contribution in [2.45, 2.75) is 145 Å². The highest BCUT2D eigenvalue weighted by Gasteiger charge is 2.53. The van der Waals surface area contributed by atoms with Crippen LogP contribution in [0.3, 0.4) is 0 Å². The number of halogens is 9. The Morgan fingerprint density at radius 2 is 0.779 bits per heavy atom. The number of carbonyl (C=O) groups is 3. The van der Waals surface area contributed by atoms with Gasteiger partial charge in [-0.15, -0.1) is 14.4 Å². The van der Waals surface area contributed by atoms with Gasteiger partial charge in [-0.2, -0.15) is 70.1 Å². The maximum atomic E-state index is 13.5. The predicted octanol–water partition coefficient (Wildman–Crippen LogP) is 9.32. The molecule has 492 valence electrons. The van der Waals surface area contributed by atoms with Gasteiger partial charge in [0.25, 0.3) is 17.7 Å². The zero-order valence-corrected chi connectivity index (χ0v) is 50.2. The lowest BCUT2D eigenvalue weighted by molar-refractivity contribution is -0.138. The number of pyridine rings is 6. The van der Waals surface area contributed by atoms with Crippen LogP contribution in [0.25, 0.3) is 17.5 Å². The Bertz CT molecular complexity index is 4210. The van der Waals surface area contributed by atoms with Gasteiger partial charge in [0.05, 0.1) is 88.7 Å². The van der Waals surface area contributed by atoms with E-state index in [9.17, 15) is 53.9 Å². The van der Waals surface area contributed by atoms with Gasteiger partial charge in [-0.25, -0.2) is 29.9 Å². The van der Waals surface area contributed by atoms with Crippen LogP contribution in [-0.2, 0) is 18.5 Å². The Morgan fingerprint density at radius 3 is 1.16 bits per heavy atom. The van der Waals surface area contributed by atoms with E-state index in [1.54, 1.807) is 57.4 Å². The van der Waals surface area contributed by atoms with Crippen molar-refractivity contribution in [2.24, 2.45) is 0 Å². The minimum Gasteiger partial charge on any atom is -0.472 e. The summed E-state index contributed by atoms with van der Waals surface area (Å²) in [4.78, 5) is 74.2. The molecule has 0 N–H and O–H groups in total. The molecule has 9 aromatic heterocycles.